The highest BCUT2D eigenvalue weighted by Gasteiger charge is 2.11. The quantitative estimate of drug-likeness (QED) is 0.698. The molecule has 8 nitrogen and oxygen atoms in total. The van der Waals surface area contributed by atoms with Gasteiger partial charge in [0.15, 0.2) is 5.82 Å². The maximum Gasteiger partial charge on any atom is 0.291 e. The standard InChI is InChI=1S/C7H8N6O2/c1-4-10-6(12-11-4)7(14)8-2-5-9-3-15-13-5/h3H,2H2,1H3,(H,8,14)(H,10,11,12). The number of rotatable bonds is 3. The van der Waals surface area contributed by atoms with E-state index in [1.54, 1.807) is 6.92 Å². The number of hydrogen-bond acceptors (Lipinski definition) is 6. The molecule has 78 valence electrons. The highest BCUT2D eigenvalue weighted by atomic mass is 16.5. The molecule has 2 heterocycles. The van der Waals surface area contributed by atoms with Crippen LogP contribution in [0, 0.1) is 6.92 Å². The van der Waals surface area contributed by atoms with E-state index >= 15 is 0 Å². The minimum atomic E-state index is -0.385. The Morgan fingerprint density at radius 2 is 2.53 bits per heavy atom. The molecule has 2 rings (SSSR count). The second-order valence-electron chi connectivity index (χ2n) is 2.77. The fourth-order valence-electron chi connectivity index (χ4n) is 0.953. The van der Waals surface area contributed by atoms with Crippen molar-refractivity contribution >= 4 is 5.91 Å². The van der Waals surface area contributed by atoms with Crippen molar-refractivity contribution < 1.29 is 9.32 Å². The van der Waals surface area contributed by atoms with E-state index in [2.05, 4.69) is 35.2 Å². The smallest absolute Gasteiger partial charge is 0.291 e. The van der Waals surface area contributed by atoms with Crippen LogP contribution in [0.4, 0.5) is 0 Å². The molecule has 0 bridgehead atoms. The monoisotopic (exact) mass is 208 g/mol. The molecule has 2 N–H and O–H groups in total. The molecule has 8 heteroatoms. The van der Waals surface area contributed by atoms with Gasteiger partial charge in [-0.2, -0.15) is 4.98 Å². The normalized spacial score (nSPS) is 10.2. The van der Waals surface area contributed by atoms with E-state index in [0.717, 1.165) is 0 Å². The van der Waals surface area contributed by atoms with Crippen LogP contribution in [0.1, 0.15) is 22.3 Å². The Labute approximate surface area is 84.1 Å². The number of H-pyrrole nitrogens is 1. The molecule has 1 amide bonds. The van der Waals surface area contributed by atoms with Crippen LogP contribution >= 0.6 is 0 Å². The molecule has 0 spiro atoms. The fraction of sp³-hybridized carbons (Fsp3) is 0.286. The van der Waals surface area contributed by atoms with Crippen LogP contribution in [-0.2, 0) is 6.54 Å². The number of aromatic nitrogens is 5. The van der Waals surface area contributed by atoms with Crippen molar-refractivity contribution in [1.29, 1.82) is 0 Å². The van der Waals surface area contributed by atoms with E-state index in [0.29, 0.717) is 11.6 Å². The topological polar surface area (TPSA) is 110 Å². The average Bonchev–Trinajstić information content (AvgIpc) is 2.84. The average molecular weight is 208 g/mol. The van der Waals surface area contributed by atoms with Crippen molar-refractivity contribution in [3.8, 4) is 0 Å². The first-order valence-corrected chi connectivity index (χ1v) is 4.18. The molecule has 0 atom stereocenters. The minimum absolute atomic E-state index is 0.0935. The van der Waals surface area contributed by atoms with E-state index in [1.807, 2.05) is 0 Å². The SMILES string of the molecule is Cc1nc(C(=O)NCc2ncon2)n[nH]1. The Morgan fingerprint density at radius 3 is 3.13 bits per heavy atom. The number of carbonyl (C=O) groups is 1. The summed E-state index contributed by atoms with van der Waals surface area (Å²) in [5.74, 6) is 0.690. The summed E-state index contributed by atoms with van der Waals surface area (Å²) in [5, 5.41) is 12.4. The second-order valence-corrected chi connectivity index (χ2v) is 2.77. The van der Waals surface area contributed by atoms with Crippen LogP contribution < -0.4 is 5.32 Å². The predicted octanol–water partition coefficient (Wildman–Crippen LogP) is -0.574. The lowest BCUT2D eigenvalue weighted by molar-refractivity contribution is 0.0939. The number of amides is 1. The van der Waals surface area contributed by atoms with Crippen LogP contribution in [-0.4, -0.2) is 31.2 Å². The molecule has 0 aromatic carbocycles. The molecule has 0 unspecified atom stereocenters. The van der Waals surface area contributed by atoms with Crippen molar-refractivity contribution in [2.45, 2.75) is 13.5 Å². The summed E-state index contributed by atoms with van der Waals surface area (Å²) >= 11 is 0. The van der Waals surface area contributed by atoms with Gasteiger partial charge in [-0.3, -0.25) is 9.89 Å². The lowest BCUT2D eigenvalue weighted by Crippen LogP contribution is -2.24. The minimum Gasteiger partial charge on any atom is -0.343 e. The van der Waals surface area contributed by atoms with Gasteiger partial charge in [0, 0.05) is 0 Å². The molecule has 0 aliphatic rings. The van der Waals surface area contributed by atoms with Crippen molar-refractivity contribution in [2.24, 2.45) is 0 Å². The molecule has 15 heavy (non-hydrogen) atoms. The number of carbonyl (C=O) groups excluding carboxylic acids is 1. The number of hydrogen-bond donors (Lipinski definition) is 2. The highest BCUT2D eigenvalue weighted by Crippen LogP contribution is 1.92. The van der Waals surface area contributed by atoms with Crippen molar-refractivity contribution in [1.82, 2.24) is 30.6 Å². The van der Waals surface area contributed by atoms with Crippen molar-refractivity contribution in [3.63, 3.8) is 0 Å². The Balaban J connectivity index is 1.93. The molecule has 0 saturated carbocycles. The first kappa shape index (κ1) is 9.31. The molecular weight excluding hydrogens is 200 g/mol. The summed E-state index contributed by atoms with van der Waals surface area (Å²) in [4.78, 5) is 19.0. The molecule has 0 saturated heterocycles. The van der Waals surface area contributed by atoms with Crippen LogP contribution in [0.15, 0.2) is 10.9 Å². The number of nitrogens with zero attached hydrogens (tertiary/aromatic N) is 4. The highest BCUT2D eigenvalue weighted by molar-refractivity contribution is 5.90. The van der Waals surface area contributed by atoms with Gasteiger partial charge in [-0.25, -0.2) is 4.98 Å². The Bertz CT molecular complexity index is 448. The van der Waals surface area contributed by atoms with Gasteiger partial charge >= 0.3 is 0 Å². The molecule has 0 aliphatic heterocycles. The summed E-state index contributed by atoms with van der Waals surface area (Å²) in [6, 6.07) is 0. The molecule has 2 aromatic heterocycles. The van der Waals surface area contributed by atoms with Gasteiger partial charge in [0.2, 0.25) is 12.2 Å². The Morgan fingerprint density at radius 1 is 1.67 bits per heavy atom. The van der Waals surface area contributed by atoms with E-state index in [9.17, 15) is 4.79 Å². The Kier molecular flexibility index (Phi) is 2.40. The van der Waals surface area contributed by atoms with Gasteiger partial charge in [-0.15, -0.1) is 5.10 Å². The zero-order valence-electron chi connectivity index (χ0n) is 7.89. The Hall–Kier alpha value is -2.25. The molecular formula is C7H8N6O2. The number of nitrogens with one attached hydrogen (secondary N) is 2. The first-order valence-electron chi connectivity index (χ1n) is 4.18. The molecule has 0 fully saturated rings. The summed E-state index contributed by atoms with van der Waals surface area (Å²) in [5.41, 5.74) is 0. The summed E-state index contributed by atoms with van der Waals surface area (Å²) in [6.45, 7) is 1.89. The van der Waals surface area contributed by atoms with E-state index in [-0.39, 0.29) is 18.3 Å². The van der Waals surface area contributed by atoms with E-state index in [4.69, 9.17) is 0 Å². The summed E-state index contributed by atoms with van der Waals surface area (Å²) in [7, 11) is 0. The third-order valence-electron chi connectivity index (χ3n) is 1.61. The summed E-state index contributed by atoms with van der Waals surface area (Å²) in [6.07, 6.45) is 1.19. The maximum absolute atomic E-state index is 11.4. The van der Waals surface area contributed by atoms with Gasteiger partial charge in [0.05, 0.1) is 6.54 Å². The van der Waals surface area contributed by atoms with Crippen LogP contribution in [0.25, 0.3) is 0 Å². The third-order valence-corrected chi connectivity index (χ3v) is 1.61. The lowest BCUT2D eigenvalue weighted by atomic mass is 10.5. The van der Waals surface area contributed by atoms with Gasteiger partial charge in [0.25, 0.3) is 5.91 Å². The molecule has 0 aliphatic carbocycles. The molecule has 2 aromatic rings. The summed E-state index contributed by atoms with van der Waals surface area (Å²) < 4.78 is 4.51. The van der Waals surface area contributed by atoms with E-state index in [1.165, 1.54) is 6.39 Å². The zero-order valence-corrected chi connectivity index (χ0v) is 7.89. The van der Waals surface area contributed by atoms with Gasteiger partial charge < -0.3 is 9.84 Å². The number of aryl methyl sites for hydroxylation is 1. The van der Waals surface area contributed by atoms with Gasteiger partial charge in [-0.1, -0.05) is 5.16 Å². The predicted molar refractivity (Wildman–Crippen MR) is 46.6 cm³/mol. The van der Waals surface area contributed by atoms with Crippen LogP contribution in [0.2, 0.25) is 0 Å². The molecule has 0 radical (unpaired) electrons. The third kappa shape index (κ3) is 2.16. The van der Waals surface area contributed by atoms with Crippen LogP contribution in [0.5, 0.6) is 0 Å². The fourth-order valence-corrected chi connectivity index (χ4v) is 0.953. The zero-order chi connectivity index (χ0) is 10.7. The second kappa shape index (κ2) is 3.86. The van der Waals surface area contributed by atoms with E-state index < -0.39 is 0 Å². The maximum atomic E-state index is 11.4. The largest absolute Gasteiger partial charge is 0.343 e. The van der Waals surface area contributed by atoms with Gasteiger partial charge in [0.1, 0.15) is 5.82 Å². The van der Waals surface area contributed by atoms with Crippen molar-refractivity contribution in [3.05, 3.63) is 23.9 Å². The van der Waals surface area contributed by atoms with Crippen LogP contribution in [0.3, 0.4) is 0 Å². The number of aromatic amines is 1. The van der Waals surface area contributed by atoms with Gasteiger partial charge in [-0.05, 0) is 6.92 Å². The first-order chi connectivity index (χ1) is 7.25. The van der Waals surface area contributed by atoms with Crippen molar-refractivity contribution in [2.75, 3.05) is 0 Å². The lowest BCUT2D eigenvalue weighted by Gasteiger charge is -1.96.